The van der Waals surface area contributed by atoms with E-state index in [1.54, 1.807) is 23.6 Å². The molecule has 1 aromatic heterocycles. The summed E-state index contributed by atoms with van der Waals surface area (Å²) in [4.78, 5) is 5.14. The SMILES string of the molecule is Oc1ccc(C=Nn2c(-c3ccccc3F)csc2=NCc2ccccc2)c(O)c1O. The summed E-state index contributed by atoms with van der Waals surface area (Å²) in [5.41, 5.74) is 2.05. The minimum Gasteiger partial charge on any atom is -0.504 e. The Morgan fingerprint density at radius 2 is 1.65 bits per heavy atom. The fourth-order valence-corrected chi connectivity index (χ4v) is 3.75. The molecule has 8 heteroatoms. The summed E-state index contributed by atoms with van der Waals surface area (Å²) in [6.45, 7) is 0.416. The van der Waals surface area contributed by atoms with Crippen molar-refractivity contribution in [3.63, 3.8) is 0 Å². The lowest BCUT2D eigenvalue weighted by Crippen LogP contribution is -2.12. The van der Waals surface area contributed by atoms with Crippen LogP contribution in [0.3, 0.4) is 0 Å². The van der Waals surface area contributed by atoms with Crippen LogP contribution in [0.15, 0.2) is 82.2 Å². The van der Waals surface area contributed by atoms with Crippen molar-refractivity contribution in [2.24, 2.45) is 10.1 Å². The smallest absolute Gasteiger partial charge is 0.206 e. The quantitative estimate of drug-likeness (QED) is 0.319. The normalized spacial score (nSPS) is 12.0. The van der Waals surface area contributed by atoms with Gasteiger partial charge in [0, 0.05) is 16.5 Å². The number of halogens is 1. The molecule has 0 saturated heterocycles. The van der Waals surface area contributed by atoms with Crippen molar-refractivity contribution in [3.05, 3.63) is 93.9 Å². The first-order valence-electron chi connectivity index (χ1n) is 9.32. The van der Waals surface area contributed by atoms with Gasteiger partial charge in [0.1, 0.15) is 5.82 Å². The highest BCUT2D eigenvalue weighted by molar-refractivity contribution is 7.07. The Morgan fingerprint density at radius 1 is 0.903 bits per heavy atom. The monoisotopic (exact) mass is 435 g/mol. The van der Waals surface area contributed by atoms with Crippen molar-refractivity contribution in [1.82, 2.24) is 4.68 Å². The summed E-state index contributed by atoms with van der Waals surface area (Å²) in [5.74, 6) is -1.98. The van der Waals surface area contributed by atoms with Gasteiger partial charge >= 0.3 is 0 Å². The van der Waals surface area contributed by atoms with E-state index < -0.39 is 23.1 Å². The molecule has 0 aliphatic carbocycles. The lowest BCUT2D eigenvalue weighted by Gasteiger charge is -2.06. The van der Waals surface area contributed by atoms with Gasteiger partial charge in [-0.05, 0) is 29.8 Å². The van der Waals surface area contributed by atoms with Gasteiger partial charge in [-0.3, -0.25) is 4.99 Å². The molecule has 31 heavy (non-hydrogen) atoms. The fourth-order valence-electron chi connectivity index (χ4n) is 2.92. The van der Waals surface area contributed by atoms with Crippen LogP contribution in [0.4, 0.5) is 4.39 Å². The number of nitrogens with zero attached hydrogens (tertiary/aromatic N) is 3. The number of benzene rings is 3. The van der Waals surface area contributed by atoms with Crippen molar-refractivity contribution in [3.8, 4) is 28.5 Å². The first-order chi connectivity index (χ1) is 15.0. The molecule has 3 N–H and O–H groups in total. The topological polar surface area (TPSA) is 90.3 Å². The highest BCUT2D eigenvalue weighted by Crippen LogP contribution is 2.36. The molecule has 4 rings (SSSR count). The average Bonchev–Trinajstić information content (AvgIpc) is 3.19. The molecule has 0 unspecified atom stereocenters. The maximum absolute atomic E-state index is 14.4. The Kier molecular flexibility index (Phi) is 5.81. The minimum atomic E-state index is -0.636. The highest BCUT2D eigenvalue weighted by atomic mass is 32.1. The van der Waals surface area contributed by atoms with E-state index in [0.717, 1.165) is 5.56 Å². The van der Waals surface area contributed by atoms with E-state index in [9.17, 15) is 19.7 Å². The zero-order chi connectivity index (χ0) is 21.8. The Labute approximate surface area is 181 Å². The third-order valence-corrected chi connectivity index (χ3v) is 5.40. The van der Waals surface area contributed by atoms with Gasteiger partial charge in [-0.2, -0.15) is 5.10 Å². The highest BCUT2D eigenvalue weighted by Gasteiger charge is 2.13. The summed E-state index contributed by atoms with van der Waals surface area (Å²) >= 11 is 1.31. The number of aromatic hydroxyl groups is 3. The van der Waals surface area contributed by atoms with Crippen LogP contribution < -0.4 is 4.80 Å². The summed E-state index contributed by atoms with van der Waals surface area (Å²) in [6, 6.07) is 18.7. The molecule has 0 bridgehead atoms. The number of hydrogen-bond donors (Lipinski definition) is 3. The van der Waals surface area contributed by atoms with Gasteiger partial charge in [-0.1, -0.05) is 42.5 Å². The molecule has 0 fully saturated rings. The summed E-state index contributed by atoms with van der Waals surface area (Å²) < 4.78 is 15.9. The zero-order valence-corrected chi connectivity index (χ0v) is 17.0. The third-order valence-electron chi connectivity index (χ3n) is 4.55. The summed E-state index contributed by atoms with van der Waals surface area (Å²) in [5, 5.41) is 35.5. The molecular formula is C23H18FN3O3S. The van der Waals surface area contributed by atoms with Gasteiger partial charge in [0.25, 0.3) is 0 Å². The first-order valence-corrected chi connectivity index (χ1v) is 10.2. The van der Waals surface area contributed by atoms with E-state index in [1.165, 1.54) is 40.4 Å². The molecule has 0 amide bonds. The van der Waals surface area contributed by atoms with E-state index in [2.05, 4.69) is 10.1 Å². The second-order valence-electron chi connectivity index (χ2n) is 6.61. The number of phenolic OH excluding ortho intramolecular Hbond substituents is 3. The molecule has 0 aliphatic heterocycles. The van der Waals surface area contributed by atoms with Gasteiger partial charge in [0.15, 0.2) is 11.5 Å². The summed E-state index contributed by atoms with van der Waals surface area (Å²) in [7, 11) is 0. The van der Waals surface area contributed by atoms with Gasteiger partial charge in [0.2, 0.25) is 10.6 Å². The number of aromatic nitrogens is 1. The second kappa shape index (κ2) is 8.85. The van der Waals surface area contributed by atoms with Gasteiger partial charge < -0.3 is 15.3 Å². The van der Waals surface area contributed by atoms with Crippen LogP contribution in [-0.4, -0.2) is 26.2 Å². The van der Waals surface area contributed by atoms with Crippen LogP contribution >= 0.6 is 11.3 Å². The third kappa shape index (κ3) is 4.34. The molecule has 0 spiro atoms. The van der Waals surface area contributed by atoms with E-state index in [-0.39, 0.29) is 5.56 Å². The Morgan fingerprint density at radius 3 is 2.42 bits per heavy atom. The number of hydrogen-bond acceptors (Lipinski definition) is 6. The van der Waals surface area contributed by atoms with Crippen LogP contribution in [0.5, 0.6) is 17.2 Å². The van der Waals surface area contributed by atoms with Crippen molar-refractivity contribution in [2.45, 2.75) is 6.54 Å². The molecule has 0 radical (unpaired) electrons. The van der Waals surface area contributed by atoms with Crippen LogP contribution in [0.2, 0.25) is 0 Å². The molecule has 4 aromatic rings. The molecule has 0 saturated carbocycles. The molecule has 6 nitrogen and oxygen atoms in total. The molecule has 0 atom stereocenters. The number of rotatable bonds is 5. The Balaban J connectivity index is 1.81. The van der Waals surface area contributed by atoms with Gasteiger partial charge in [-0.15, -0.1) is 11.3 Å². The van der Waals surface area contributed by atoms with Crippen molar-refractivity contribution < 1.29 is 19.7 Å². The molecule has 3 aromatic carbocycles. The van der Waals surface area contributed by atoms with Crippen LogP contribution in [0.25, 0.3) is 11.3 Å². The Hall–Kier alpha value is -3.91. The minimum absolute atomic E-state index is 0.183. The van der Waals surface area contributed by atoms with Crippen molar-refractivity contribution in [1.29, 1.82) is 0 Å². The standard InChI is InChI=1S/C23H18FN3O3S/c24-18-9-5-4-8-17(18)19-14-31-23(25-12-15-6-2-1-3-7-15)27(19)26-13-16-10-11-20(28)22(30)21(16)29/h1-11,13-14,28-30H,12H2. The largest absolute Gasteiger partial charge is 0.504 e. The predicted octanol–water partition coefficient (Wildman–Crippen LogP) is 4.46. The average molecular weight is 435 g/mol. The molecule has 1 heterocycles. The van der Waals surface area contributed by atoms with E-state index in [1.807, 2.05) is 30.3 Å². The predicted molar refractivity (Wildman–Crippen MR) is 118 cm³/mol. The van der Waals surface area contributed by atoms with Crippen molar-refractivity contribution >= 4 is 17.6 Å². The molecule has 156 valence electrons. The summed E-state index contributed by atoms with van der Waals surface area (Å²) in [6.07, 6.45) is 1.31. The lowest BCUT2D eigenvalue weighted by atomic mass is 10.1. The molecular weight excluding hydrogens is 417 g/mol. The zero-order valence-electron chi connectivity index (χ0n) is 16.2. The number of phenols is 3. The van der Waals surface area contributed by atoms with Crippen LogP contribution in [0.1, 0.15) is 11.1 Å². The van der Waals surface area contributed by atoms with Crippen LogP contribution in [-0.2, 0) is 6.54 Å². The van der Waals surface area contributed by atoms with Crippen LogP contribution in [0, 0.1) is 5.82 Å². The van der Waals surface area contributed by atoms with E-state index in [4.69, 9.17) is 0 Å². The first kappa shape index (κ1) is 20.4. The van der Waals surface area contributed by atoms with Gasteiger partial charge in [0.05, 0.1) is 18.5 Å². The molecule has 0 aliphatic rings. The van der Waals surface area contributed by atoms with E-state index in [0.29, 0.717) is 22.6 Å². The van der Waals surface area contributed by atoms with Gasteiger partial charge in [-0.25, -0.2) is 9.07 Å². The van der Waals surface area contributed by atoms with E-state index >= 15 is 0 Å². The Bertz CT molecular complexity index is 1310. The maximum Gasteiger partial charge on any atom is 0.206 e. The fraction of sp³-hybridized carbons (Fsp3) is 0.0435. The lowest BCUT2D eigenvalue weighted by molar-refractivity contribution is 0.367. The number of thiazole rings is 1. The maximum atomic E-state index is 14.4. The van der Waals surface area contributed by atoms with Crippen molar-refractivity contribution in [2.75, 3.05) is 0 Å². The second-order valence-corrected chi connectivity index (χ2v) is 7.45.